The second kappa shape index (κ2) is 5.46. The molecule has 0 aliphatic heterocycles. The highest BCUT2D eigenvalue weighted by atomic mass is 16.1. The smallest absolute Gasteiger partial charge is 0.139 e. The molecular weight excluding hydrogens is 280 g/mol. The quantitative estimate of drug-likeness (QED) is 0.577. The van der Waals surface area contributed by atoms with Crippen LogP contribution in [-0.2, 0) is 4.79 Å². The molecule has 0 N–H and O–H groups in total. The summed E-state index contributed by atoms with van der Waals surface area (Å²) in [6.45, 7) is 7.25. The van der Waals surface area contributed by atoms with Crippen LogP contribution < -0.4 is 0 Å². The van der Waals surface area contributed by atoms with E-state index in [1.165, 1.54) is 57.8 Å². The monoisotopic (exact) mass is 314 g/mol. The molecule has 128 valence electrons. The SMILES string of the molecule is CCC[C@H]1C[C@@H]2[C@H](CC[C@]3(C)C(=O)CC[C@@H]23)[C@@]2(C)CCCC=C12. The summed E-state index contributed by atoms with van der Waals surface area (Å²) >= 11 is 0. The zero-order valence-electron chi connectivity index (χ0n) is 15.4. The molecule has 0 bridgehead atoms. The van der Waals surface area contributed by atoms with Gasteiger partial charge < -0.3 is 0 Å². The van der Waals surface area contributed by atoms with Crippen molar-refractivity contribution in [3.05, 3.63) is 11.6 Å². The van der Waals surface area contributed by atoms with Crippen LogP contribution in [0.2, 0.25) is 0 Å². The predicted molar refractivity (Wildman–Crippen MR) is 95.1 cm³/mol. The summed E-state index contributed by atoms with van der Waals surface area (Å²) in [5.41, 5.74) is 2.32. The summed E-state index contributed by atoms with van der Waals surface area (Å²) in [5.74, 6) is 3.75. The largest absolute Gasteiger partial charge is 0.299 e. The predicted octanol–water partition coefficient (Wildman–Crippen LogP) is 5.93. The van der Waals surface area contributed by atoms with Gasteiger partial charge in [0.25, 0.3) is 0 Å². The molecule has 1 heteroatoms. The number of Topliss-reactive ketones (excluding diaryl/α,β-unsaturated/α-hetero) is 1. The van der Waals surface area contributed by atoms with E-state index < -0.39 is 0 Å². The minimum atomic E-state index is 0.0319. The number of ketones is 1. The number of carbonyl (C=O) groups is 1. The Bertz CT molecular complexity index is 532. The van der Waals surface area contributed by atoms with Crippen LogP contribution in [0.4, 0.5) is 0 Å². The van der Waals surface area contributed by atoms with Crippen LogP contribution in [0, 0.1) is 34.5 Å². The van der Waals surface area contributed by atoms with Gasteiger partial charge in [0.2, 0.25) is 0 Å². The maximum Gasteiger partial charge on any atom is 0.139 e. The lowest BCUT2D eigenvalue weighted by molar-refractivity contribution is -0.133. The first-order chi connectivity index (χ1) is 11.0. The summed E-state index contributed by atoms with van der Waals surface area (Å²) in [7, 11) is 0. The first-order valence-corrected chi connectivity index (χ1v) is 10.2. The van der Waals surface area contributed by atoms with Gasteiger partial charge in [-0.3, -0.25) is 4.79 Å². The molecule has 3 fully saturated rings. The Morgan fingerprint density at radius 3 is 2.70 bits per heavy atom. The molecule has 6 atom stereocenters. The molecule has 0 heterocycles. The van der Waals surface area contributed by atoms with E-state index >= 15 is 0 Å². The third-order valence-corrected chi connectivity index (χ3v) is 8.52. The maximum absolute atomic E-state index is 12.6. The van der Waals surface area contributed by atoms with E-state index in [9.17, 15) is 4.79 Å². The van der Waals surface area contributed by atoms with Crippen LogP contribution >= 0.6 is 0 Å². The third kappa shape index (κ3) is 2.14. The number of carbonyl (C=O) groups excluding carboxylic acids is 1. The molecule has 3 saturated carbocycles. The zero-order valence-corrected chi connectivity index (χ0v) is 15.4. The molecule has 0 aromatic rings. The van der Waals surface area contributed by atoms with Crippen LogP contribution in [0.1, 0.15) is 85.0 Å². The Kier molecular flexibility index (Phi) is 3.78. The standard InChI is InChI=1S/C22H34O/c1-4-7-15-14-16-18-9-10-20(23)22(18,3)13-11-19(16)21(2)12-6-5-8-17(15)21/h8,15-16,18-19H,4-7,9-14H2,1-3H3/t15-,16-,18-,19-,21-,22-/m0/s1. The first-order valence-electron chi connectivity index (χ1n) is 10.2. The molecule has 0 amide bonds. The number of fused-ring (bicyclic) bond motifs is 5. The van der Waals surface area contributed by atoms with Gasteiger partial charge in [-0.1, -0.05) is 38.8 Å². The highest BCUT2D eigenvalue weighted by Crippen LogP contribution is 2.66. The molecule has 0 unspecified atom stereocenters. The first kappa shape index (κ1) is 15.9. The lowest BCUT2D eigenvalue weighted by Gasteiger charge is -2.59. The molecule has 4 aliphatic rings. The number of hydrogen-bond donors (Lipinski definition) is 0. The van der Waals surface area contributed by atoms with Crippen molar-refractivity contribution >= 4 is 5.78 Å². The highest BCUT2D eigenvalue weighted by Gasteiger charge is 2.59. The molecule has 0 aromatic carbocycles. The van der Waals surface area contributed by atoms with Crippen molar-refractivity contribution in [1.82, 2.24) is 0 Å². The van der Waals surface area contributed by atoms with Gasteiger partial charge in [0.1, 0.15) is 5.78 Å². The van der Waals surface area contributed by atoms with Gasteiger partial charge in [-0.05, 0) is 80.5 Å². The van der Waals surface area contributed by atoms with E-state index in [0.717, 1.165) is 24.2 Å². The molecule has 4 aliphatic carbocycles. The fourth-order valence-electron chi connectivity index (χ4n) is 7.39. The number of allylic oxidation sites excluding steroid dienone is 2. The molecule has 23 heavy (non-hydrogen) atoms. The van der Waals surface area contributed by atoms with Gasteiger partial charge in [0.15, 0.2) is 0 Å². The summed E-state index contributed by atoms with van der Waals surface area (Å²) in [5, 5.41) is 0. The zero-order chi connectivity index (χ0) is 16.2. The Morgan fingerprint density at radius 1 is 1.13 bits per heavy atom. The summed E-state index contributed by atoms with van der Waals surface area (Å²) < 4.78 is 0. The number of hydrogen-bond acceptors (Lipinski definition) is 1. The maximum atomic E-state index is 12.6. The molecule has 0 radical (unpaired) electrons. The molecule has 0 saturated heterocycles. The van der Waals surface area contributed by atoms with E-state index in [1.54, 1.807) is 0 Å². The lowest BCUT2D eigenvalue weighted by Crippen LogP contribution is -2.52. The average Bonchev–Trinajstić information content (AvgIpc) is 2.83. The van der Waals surface area contributed by atoms with Crippen molar-refractivity contribution in [2.24, 2.45) is 34.5 Å². The summed E-state index contributed by atoms with van der Waals surface area (Å²) in [4.78, 5) is 12.6. The summed E-state index contributed by atoms with van der Waals surface area (Å²) in [6.07, 6.45) is 15.3. The van der Waals surface area contributed by atoms with Gasteiger partial charge in [-0.25, -0.2) is 0 Å². The van der Waals surface area contributed by atoms with E-state index in [-0.39, 0.29) is 5.41 Å². The highest BCUT2D eigenvalue weighted by molar-refractivity contribution is 5.87. The molecule has 0 aromatic heterocycles. The van der Waals surface area contributed by atoms with Crippen molar-refractivity contribution < 1.29 is 4.79 Å². The fraction of sp³-hybridized carbons (Fsp3) is 0.864. The lowest BCUT2D eigenvalue weighted by atomic mass is 9.45. The summed E-state index contributed by atoms with van der Waals surface area (Å²) in [6, 6.07) is 0. The van der Waals surface area contributed by atoms with E-state index in [1.807, 2.05) is 5.57 Å². The van der Waals surface area contributed by atoms with E-state index in [2.05, 4.69) is 26.8 Å². The van der Waals surface area contributed by atoms with E-state index in [0.29, 0.717) is 17.1 Å². The second-order valence-corrected chi connectivity index (χ2v) is 9.49. The topological polar surface area (TPSA) is 17.1 Å². The van der Waals surface area contributed by atoms with Crippen molar-refractivity contribution in [2.75, 3.05) is 0 Å². The van der Waals surface area contributed by atoms with E-state index in [4.69, 9.17) is 0 Å². The van der Waals surface area contributed by atoms with Crippen molar-refractivity contribution in [3.8, 4) is 0 Å². The van der Waals surface area contributed by atoms with Crippen molar-refractivity contribution in [1.29, 1.82) is 0 Å². The normalized spacial score (nSPS) is 49.2. The van der Waals surface area contributed by atoms with Gasteiger partial charge in [0, 0.05) is 11.8 Å². The van der Waals surface area contributed by atoms with Crippen molar-refractivity contribution in [3.63, 3.8) is 0 Å². The molecular formula is C22H34O. The van der Waals surface area contributed by atoms with Gasteiger partial charge in [0.05, 0.1) is 0 Å². The molecule has 1 nitrogen and oxygen atoms in total. The molecule has 4 rings (SSSR count). The minimum absolute atomic E-state index is 0.0319. The van der Waals surface area contributed by atoms with Gasteiger partial charge in [-0.15, -0.1) is 0 Å². The van der Waals surface area contributed by atoms with Crippen LogP contribution in [0.3, 0.4) is 0 Å². The second-order valence-electron chi connectivity index (χ2n) is 9.49. The van der Waals surface area contributed by atoms with Crippen LogP contribution in [0.15, 0.2) is 11.6 Å². The van der Waals surface area contributed by atoms with Crippen molar-refractivity contribution in [2.45, 2.75) is 85.0 Å². The fourth-order valence-corrected chi connectivity index (χ4v) is 7.39. The van der Waals surface area contributed by atoms with Gasteiger partial charge in [-0.2, -0.15) is 0 Å². The van der Waals surface area contributed by atoms with Crippen LogP contribution in [-0.4, -0.2) is 5.78 Å². The minimum Gasteiger partial charge on any atom is -0.299 e. The van der Waals surface area contributed by atoms with Crippen LogP contribution in [0.5, 0.6) is 0 Å². The molecule has 0 spiro atoms. The Labute approximate surface area is 142 Å². The Hall–Kier alpha value is -0.590. The Morgan fingerprint density at radius 2 is 1.91 bits per heavy atom. The number of rotatable bonds is 2. The van der Waals surface area contributed by atoms with Gasteiger partial charge >= 0.3 is 0 Å². The third-order valence-electron chi connectivity index (χ3n) is 8.52. The Balaban J connectivity index is 1.72. The average molecular weight is 315 g/mol. The van der Waals surface area contributed by atoms with Crippen LogP contribution in [0.25, 0.3) is 0 Å².